The number of carbonyl (C=O) groups excluding carboxylic acids is 1. The molecule has 0 aromatic rings. The van der Waals surface area contributed by atoms with E-state index in [1.165, 1.54) is 32.1 Å². The van der Waals surface area contributed by atoms with Crippen LogP contribution in [0.5, 0.6) is 0 Å². The highest BCUT2D eigenvalue weighted by atomic mass is 16.2. The van der Waals surface area contributed by atoms with E-state index in [9.17, 15) is 4.79 Å². The van der Waals surface area contributed by atoms with Gasteiger partial charge in [-0.3, -0.25) is 4.79 Å². The molecule has 0 radical (unpaired) electrons. The van der Waals surface area contributed by atoms with Gasteiger partial charge in [-0.05, 0) is 18.8 Å². The zero-order chi connectivity index (χ0) is 11.3. The summed E-state index contributed by atoms with van der Waals surface area (Å²) in [6.07, 6.45) is 6.17. The number of nitrogens with two attached hydrogens (primary N) is 1. The minimum absolute atomic E-state index is 0.121. The Labute approximate surface area is 93.0 Å². The van der Waals surface area contributed by atoms with Crippen LogP contribution in [0.15, 0.2) is 0 Å². The molecule has 0 atom stereocenters. The summed E-state index contributed by atoms with van der Waals surface area (Å²) in [5, 5.41) is 0. The first-order chi connectivity index (χ1) is 7.15. The van der Waals surface area contributed by atoms with E-state index in [-0.39, 0.29) is 12.5 Å². The van der Waals surface area contributed by atoms with Crippen molar-refractivity contribution in [2.75, 3.05) is 13.1 Å². The van der Waals surface area contributed by atoms with Gasteiger partial charge in [0.25, 0.3) is 0 Å². The Morgan fingerprint density at radius 2 is 1.93 bits per heavy atom. The molecule has 0 unspecified atom stereocenters. The third kappa shape index (κ3) is 3.82. The first kappa shape index (κ1) is 12.5. The Bertz CT molecular complexity index is 198. The van der Waals surface area contributed by atoms with Gasteiger partial charge in [0.2, 0.25) is 5.91 Å². The molecular formula is C12H24N2O. The van der Waals surface area contributed by atoms with Crippen LogP contribution >= 0.6 is 0 Å². The third-order valence-electron chi connectivity index (χ3n) is 3.07. The Hall–Kier alpha value is -0.570. The van der Waals surface area contributed by atoms with Gasteiger partial charge in [-0.1, -0.05) is 33.1 Å². The summed E-state index contributed by atoms with van der Waals surface area (Å²) < 4.78 is 0. The Morgan fingerprint density at radius 3 is 2.40 bits per heavy atom. The summed E-state index contributed by atoms with van der Waals surface area (Å²) in [5.74, 6) is 0.651. The van der Waals surface area contributed by atoms with Crippen LogP contribution in [0.2, 0.25) is 0 Å². The molecule has 88 valence electrons. The number of nitrogens with zero attached hydrogens (tertiary/aromatic N) is 1. The Morgan fingerprint density at radius 1 is 1.33 bits per heavy atom. The average molecular weight is 212 g/mol. The van der Waals surface area contributed by atoms with Crippen molar-refractivity contribution in [3.8, 4) is 0 Å². The van der Waals surface area contributed by atoms with Gasteiger partial charge >= 0.3 is 0 Å². The molecule has 1 saturated carbocycles. The molecule has 1 fully saturated rings. The summed E-state index contributed by atoms with van der Waals surface area (Å²) >= 11 is 0. The summed E-state index contributed by atoms with van der Waals surface area (Å²) in [6, 6.07) is 0.456. The quantitative estimate of drug-likeness (QED) is 0.772. The lowest BCUT2D eigenvalue weighted by Gasteiger charge is -2.35. The third-order valence-corrected chi connectivity index (χ3v) is 3.07. The van der Waals surface area contributed by atoms with Crippen molar-refractivity contribution in [2.45, 2.75) is 52.0 Å². The van der Waals surface area contributed by atoms with Crippen LogP contribution in [0.1, 0.15) is 46.0 Å². The minimum atomic E-state index is 0.121. The normalized spacial score (nSPS) is 18.1. The number of amides is 1. The molecule has 0 saturated heterocycles. The highest BCUT2D eigenvalue weighted by Gasteiger charge is 2.24. The van der Waals surface area contributed by atoms with E-state index in [2.05, 4.69) is 13.8 Å². The molecule has 0 heterocycles. The molecule has 0 bridgehead atoms. The SMILES string of the molecule is CC(C)CN(C(=O)CN)C1CCCCC1. The summed E-state index contributed by atoms with van der Waals surface area (Å²) in [4.78, 5) is 13.8. The molecule has 0 spiro atoms. The van der Waals surface area contributed by atoms with Crippen molar-refractivity contribution < 1.29 is 4.79 Å². The van der Waals surface area contributed by atoms with Crippen LogP contribution in [0, 0.1) is 5.92 Å². The first-order valence-corrected chi connectivity index (χ1v) is 6.14. The van der Waals surface area contributed by atoms with Gasteiger partial charge in [-0.15, -0.1) is 0 Å². The molecule has 0 aliphatic heterocycles. The van der Waals surface area contributed by atoms with Crippen LogP contribution in [0.4, 0.5) is 0 Å². The van der Waals surface area contributed by atoms with Gasteiger partial charge in [0, 0.05) is 12.6 Å². The van der Waals surface area contributed by atoms with E-state index in [0.717, 1.165) is 6.54 Å². The number of hydrogen-bond acceptors (Lipinski definition) is 2. The zero-order valence-electron chi connectivity index (χ0n) is 10.0. The van der Waals surface area contributed by atoms with Crippen molar-refractivity contribution in [3.63, 3.8) is 0 Å². The van der Waals surface area contributed by atoms with Crippen LogP contribution in [-0.4, -0.2) is 29.9 Å². The van der Waals surface area contributed by atoms with E-state index in [1.54, 1.807) is 0 Å². The van der Waals surface area contributed by atoms with E-state index in [4.69, 9.17) is 5.73 Å². The summed E-state index contributed by atoms with van der Waals surface area (Å²) in [6.45, 7) is 5.32. The van der Waals surface area contributed by atoms with E-state index in [0.29, 0.717) is 12.0 Å². The fourth-order valence-corrected chi connectivity index (χ4v) is 2.36. The molecule has 1 aliphatic carbocycles. The van der Waals surface area contributed by atoms with Crippen LogP contribution < -0.4 is 5.73 Å². The molecule has 3 heteroatoms. The van der Waals surface area contributed by atoms with Gasteiger partial charge in [0.05, 0.1) is 6.54 Å². The van der Waals surface area contributed by atoms with Crippen molar-refractivity contribution in [2.24, 2.45) is 11.7 Å². The molecule has 3 nitrogen and oxygen atoms in total. The molecule has 15 heavy (non-hydrogen) atoms. The molecule has 2 N–H and O–H groups in total. The molecule has 1 amide bonds. The highest BCUT2D eigenvalue weighted by molar-refractivity contribution is 5.78. The lowest BCUT2D eigenvalue weighted by atomic mass is 9.93. The predicted molar refractivity (Wildman–Crippen MR) is 62.5 cm³/mol. The van der Waals surface area contributed by atoms with Gasteiger partial charge in [-0.25, -0.2) is 0 Å². The Balaban J connectivity index is 2.57. The van der Waals surface area contributed by atoms with E-state index in [1.807, 2.05) is 4.90 Å². The fraction of sp³-hybridized carbons (Fsp3) is 0.917. The Kier molecular flexibility index (Phi) is 5.09. The van der Waals surface area contributed by atoms with Crippen molar-refractivity contribution in [3.05, 3.63) is 0 Å². The molecule has 1 aliphatic rings. The highest BCUT2D eigenvalue weighted by Crippen LogP contribution is 2.23. The second-order valence-corrected chi connectivity index (χ2v) is 4.94. The lowest BCUT2D eigenvalue weighted by Crippen LogP contribution is -2.46. The maximum atomic E-state index is 11.7. The van der Waals surface area contributed by atoms with E-state index < -0.39 is 0 Å². The average Bonchev–Trinajstić information content (AvgIpc) is 2.26. The predicted octanol–water partition coefficient (Wildman–Crippen LogP) is 1.76. The topological polar surface area (TPSA) is 46.3 Å². The van der Waals surface area contributed by atoms with Crippen LogP contribution in [0.25, 0.3) is 0 Å². The lowest BCUT2D eigenvalue weighted by molar-refractivity contribution is -0.133. The summed E-state index contributed by atoms with van der Waals surface area (Å²) in [7, 11) is 0. The second kappa shape index (κ2) is 6.11. The molecule has 1 rings (SSSR count). The van der Waals surface area contributed by atoms with Gasteiger partial charge in [-0.2, -0.15) is 0 Å². The smallest absolute Gasteiger partial charge is 0.236 e. The summed E-state index contributed by atoms with van der Waals surface area (Å²) in [5.41, 5.74) is 5.46. The number of carbonyl (C=O) groups is 1. The number of hydrogen-bond donors (Lipinski definition) is 1. The van der Waals surface area contributed by atoms with Crippen molar-refractivity contribution >= 4 is 5.91 Å². The largest absolute Gasteiger partial charge is 0.338 e. The monoisotopic (exact) mass is 212 g/mol. The first-order valence-electron chi connectivity index (χ1n) is 6.14. The van der Waals surface area contributed by atoms with E-state index >= 15 is 0 Å². The zero-order valence-corrected chi connectivity index (χ0v) is 10.0. The van der Waals surface area contributed by atoms with Crippen molar-refractivity contribution in [1.29, 1.82) is 0 Å². The minimum Gasteiger partial charge on any atom is -0.338 e. The van der Waals surface area contributed by atoms with Crippen LogP contribution in [-0.2, 0) is 4.79 Å². The molecule has 0 aromatic carbocycles. The second-order valence-electron chi connectivity index (χ2n) is 4.94. The standard InChI is InChI=1S/C12H24N2O/c1-10(2)9-14(12(15)8-13)11-6-4-3-5-7-11/h10-11H,3-9,13H2,1-2H3. The van der Waals surface area contributed by atoms with Gasteiger partial charge in [0.1, 0.15) is 0 Å². The maximum absolute atomic E-state index is 11.7. The molecule has 0 aromatic heterocycles. The van der Waals surface area contributed by atoms with Crippen molar-refractivity contribution in [1.82, 2.24) is 4.90 Å². The van der Waals surface area contributed by atoms with Gasteiger partial charge < -0.3 is 10.6 Å². The number of rotatable bonds is 4. The molecular weight excluding hydrogens is 188 g/mol. The van der Waals surface area contributed by atoms with Gasteiger partial charge in [0.15, 0.2) is 0 Å². The van der Waals surface area contributed by atoms with Crippen LogP contribution in [0.3, 0.4) is 0 Å². The fourth-order valence-electron chi connectivity index (χ4n) is 2.36. The maximum Gasteiger partial charge on any atom is 0.236 e.